The summed E-state index contributed by atoms with van der Waals surface area (Å²) in [4.78, 5) is 11.8. The Balaban J connectivity index is 0.00000400. The van der Waals surface area contributed by atoms with Crippen LogP contribution in [0.3, 0.4) is 0 Å². The van der Waals surface area contributed by atoms with Crippen LogP contribution in [-0.4, -0.2) is 25.1 Å². The van der Waals surface area contributed by atoms with Crippen molar-refractivity contribution in [2.75, 3.05) is 13.2 Å². The molecular weight excluding hydrogens is 288 g/mol. The molecule has 0 bridgehead atoms. The van der Waals surface area contributed by atoms with Crippen molar-refractivity contribution in [1.82, 2.24) is 5.32 Å². The van der Waals surface area contributed by atoms with E-state index in [4.69, 9.17) is 10.5 Å². The predicted octanol–water partition coefficient (Wildman–Crippen LogP) is 2.74. The van der Waals surface area contributed by atoms with Crippen LogP contribution in [0, 0.1) is 13.8 Å². The van der Waals surface area contributed by atoms with Crippen molar-refractivity contribution in [2.45, 2.75) is 46.1 Å². The first-order valence-corrected chi connectivity index (χ1v) is 7.26. The van der Waals surface area contributed by atoms with Crippen LogP contribution in [0.2, 0.25) is 0 Å². The lowest BCUT2D eigenvalue weighted by molar-refractivity contribution is -0.123. The number of rotatable bonds is 8. The molecule has 1 amide bonds. The van der Waals surface area contributed by atoms with E-state index in [1.807, 2.05) is 32.0 Å². The normalized spacial score (nSPS) is 11.4. The summed E-state index contributed by atoms with van der Waals surface area (Å²) in [5.41, 5.74) is 7.88. The number of benzene rings is 1. The summed E-state index contributed by atoms with van der Waals surface area (Å²) in [5, 5.41) is 2.91. The zero-order chi connectivity index (χ0) is 15.0. The first kappa shape index (κ1) is 19.7. The number of hydrogen-bond donors (Lipinski definition) is 2. The standard InChI is InChI=1S/C16H26N2O2.ClH/c1-4-5-6-14(10-17)18-16(19)11-20-15-8-7-12(2)9-13(15)3;/h7-9,14H,4-6,10-11,17H2,1-3H3,(H,18,19);1H. The fourth-order valence-electron chi connectivity index (χ4n) is 2.07. The number of halogens is 1. The van der Waals surface area contributed by atoms with Crippen LogP contribution in [0.25, 0.3) is 0 Å². The van der Waals surface area contributed by atoms with Gasteiger partial charge in [0.05, 0.1) is 0 Å². The number of hydrogen-bond acceptors (Lipinski definition) is 3. The zero-order valence-electron chi connectivity index (χ0n) is 13.1. The van der Waals surface area contributed by atoms with Crippen LogP contribution < -0.4 is 15.8 Å². The van der Waals surface area contributed by atoms with Gasteiger partial charge in [-0.2, -0.15) is 0 Å². The fraction of sp³-hybridized carbons (Fsp3) is 0.562. The van der Waals surface area contributed by atoms with E-state index in [1.54, 1.807) is 0 Å². The SMILES string of the molecule is CCCCC(CN)NC(=O)COc1ccc(C)cc1C.Cl. The van der Waals surface area contributed by atoms with E-state index in [0.29, 0.717) is 6.54 Å². The Labute approximate surface area is 133 Å². The van der Waals surface area contributed by atoms with Crippen LogP contribution in [-0.2, 0) is 4.79 Å². The van der Waals surface area contributed by atoms with Crippen molar-refractivity contribution in [3.05, 3.63) is 29.3 Å². The van der Waals surface area contributed by atoms with Gasteiger partial charge < -0.3 is 15.8 Å². The maximum absolute atomic E-state index is 11.8. The lowest BCUT2D eigenvalue weighted by Gasteiger charge is -2.17. The van der Waals surface area contributed by atoms with Crippen LogP contribution in [0.5, 0.6) is 5.75 Å². The van der Waals surface area contributed by atoms with Crippen molar-refractivity contribution >= 4 is 18.3 Å². The summed E-state index contributed by atoms with van der Waals surface area (Å²) < 4.78 is 5.55. The molecule has 0 aliphatic heterocycles. The molecule has 1 aromatic carbocycles. The second-order valence-electron chi connectivity index (χ2n) is 5.20. The minimum atomic E-state index is -0.114. The first-order valence-electron chi connectivity index (χ1n) is 7.26. The Morgan fingerprint density at radius 2 is 2.10 bits per heavy atom. The number of carbonyl (C=O) groups excluding carboxylic acids is 1. The molecule has 1 unspecified atom stereocenters. The van der Waals surface area contributed by atoms with Crippen molar-refractivity contribution < 1.29 is 9.53 Å². The van der Waals surface area contributed by atoms with E-state index in [9.17, 15) is 4.79 Å². The van der Waals surface area contributed by atoms with Gasteiger partial charge in [-0.05, 0) is 31.9 Å². The lowest BCUT2D eigenvalue weighted by Crippen LogP contribution is -2.42. The van der Waals surface area contributed by atoms with Gasteiger partial charge in [0.2, 0.25) is 0 Å². The van der Waals surface area contributed by atoms with Crippen LogP contribution in [0.15, 0.2) is 18.2 Å². The Bertz CT molecular complexity index is 438. The highest BCUT2D eigenvalue weighted by Gasteiger charge is 2.11. The maximum Gasteiger partial charge on any atom is 0.258 e. The van der Waals surface area contributed by atoms with E-state index in [0.717, 1.165) is 30.6 Å². The summed E-state index contributed by atoms with van der Waals surface area (Å²) in [7, 11) is 0. The molecule has 1 atom stereocenters. The highest BCUT2D eigenvalue weighted by Crippen LogP contribution is 2.18. The molecule has 5 heteroatoms. The number of unbranched alkanes of at least 4 members (excludes halogenated alkanes) is 1. The van der Waals surface area contributed by atoms with Gasteiger partial charge in [0, 0.05) is 12.6 Å². The number of nitrogens with one attached hydrogen (secondary N) is 1. The Morgan fingerprint density at radius 1 is 1.38 bits per heavy atom. The van der Waals surface area contributed by atoms with E-state index in [2.05, 4.69) is 12.2 Å². The van der Waals surface area contributed by atoms with Crippen LogP contribution in [0.1, 0.15) is 37.3 Å². The lowest BCUT2D eigenvalue weighted by atomic mass is 10.1. The van der Waals surface area contributed by atoms with Crippen molar-refractivity contribution in [3.63, 3.8) is 0 Å². The second-order valence-corrected chi connectivity index (χ2v) is 5.20. The molecule has 0 radical (unpaired) electrons. The smallest absolute Gasteiger partial charge is 0.258 e. The topological polar surface area (TPSA) is 64.3 Å². The van der Waals surface area contributed by atoms with Gasteiger partial charge in [-0.25, -0.2) is 0 Å². The Morgan fingerprint density at radius 3 is 2.67 bits per heavy atom. The maximum atomic E-state index is 11.8. The van der Waals surface area contributed by atoms with Gasteiger partial charge in [-0.1, -0.05) is 37.5 Å². The minimum Gasteiger partial charge on any atom is -0.484 e. The molecule has 0 saturated carbocycles. The van der Waals surface area contributed by atoms with Gasteiger partial charge in [0.1, 0.15) is 5.75 Å². The summed E-state index contributed by atoms with van der Waals surface area (Å²) in [5.74, 6) is 0.639. The molecule has 1 rings (SSSR count). The molecule has 120 valence electrons. The van der Waals surface area contributed by atoms with Crippen molar-refractivity contribution in [3.8, 4) is 5.75 Å². The molecule has 21 heavy (non-hydrogen) atoms. The first-order chi connectivity index (χ1) is 9.56. The van der Waals surface area contributed by atoms with Crippen molar-refractivity contribution in [1.29, 1.82) is 0 Å². The van der Waals surface area contributed by atoms with Gasteiger partial charge >= 0.3 is 0 Å². The molecule has 1 aromatic rings. The van der Waals surface area contributed by atoms with Gasteiger partial charge in [-0.3, -0.25) is 4.79 Å². The molecule has 0 fully saturated rings. The number of carbonyl (C=O) groups is 1. The number of aryl methyl sites for hydroxylation is 2. The van der Waals surface area contributed by atoms with E-state index in [-0.39, 0.29) is 31.0 Å². The van der Waals surface area contributed by atoms with Crippen LogP contribution >= 0.6 is 12.4 Å². The van der Waals surface area contributed by atoms with E-state index >= 15 is 0 Å². The molecule has 0 aromatic heterocycles. The quantitative estimate of drug-likeness (QED) is 0.775. The average molecular weight is 315 g/mol. The third-order valence-electron chi connectivity index (χ3n) is 3.24. The monoisotopic (exact) mass is 314 g/mol. The second kappa shape index (κ2) is 10.5. The van der Waals surface area contributed by atoms with Gasteiger partial charge in [-0.15, -0.1) is 12.4 Å². The fourth-order valence-corrected chi connectivity index (χ4v) is 2.07. The summed E-state index contributed by atoms with van der Waals surface area (Å²) >= 11 is 0. The molecule has 4 nitrogen and oxygen atoms in total. The van der Waals surface area contributed by atoms with Crippen LogP contribution in [0.4, 0.5) is 0 Å². The molecule has 0 saturated heterocycles. The van der Waals surface area contributed by atoms with Crippen molar-refractivity contribution in [2.24, 2.45) is 5.73 Å². The Hall–Kier alpha value is -1.26. The molecule has 0 heterocycles. The number of nitrogens with two attached hydrogens (primary N) is 1. The minimum absolute atomic E-state index is 0. The third-order valence-corrected chi connectivity index (χ3v) is 3.24. The van der Waals surface area contributed by atoms with E-state index in [1.165, 1.54) is 5.56 Å². The highest BCUT2D eigenvalue weighted by molar-refractivity contribution is 5.85. The molecule has 0 aliphatic rings. The summed E-state index contributed by atoms with van der Waals surface area (Å²) in [6, 6.07) is 5.96. The summed E-state index contributed by atoms with van der Waals surface area (Å²) in [6.07, 6.45) is 3.09. The molecular formula is C16H27ClN2O2. The zero-order valence-corrected chi connectivity index (χ0v) is 14.0. The van der Waals surface area contributed by atoms with Gasteiger partial charge in [0.25, 0.3) is 5.91 Å². The highest BCUT2D eigenvalue weighted by atomic mass is 35.5. The number of ether oxygens (including phenoxy) is 1. The number of amides is 1. The third kappa shape index (κ3) is 7.34. The molecule has 0 aliphatic carbocycles. The predicted molar refractivity (Wildman–Crippen MR) is 89.2 cm³/mol. The van der Waals surface area contributed by atoms with Gasteiger partial charge in [0.15, 0.2) is 6.61 Å². The Kier molecular flexibility index (Phi) is 9.84. The summed E-state index contributed by atoms with van der Waals surface area (Å²) in [6.45, 7) is 6.63. The van der Waals surface area contributed by atoms with E-state index < -0.39 is 0 Å². The largest absolute Gasteiger partial charge is 0.484 e. The molecule has 0 spiro atoms. The molecule has 3 N–H and O–H groups in total. The average Bonchev–Trinajstić information content (AvgIpc) is 2.42.